The number of aryl methyl sites for hydroxylation is 1. The van der Waals surface area contributed by atoms with Crippen molar-refractivity contribution in [3.05, 3.63) is 53.6 Å². The summed E-state index contributed by atoms with van der Waals surface area (Å²) in [6.45, 7) is 3.67. The molecule has 1 fully saturated rings. The molecule has 1 aliphatic rings. The van der Waals surface area contributed by atoms with Crippen LogP contribution in [0.4, 0.5) is 20.6 Å². The van der Waals surface area contributed by atoms with E-state index < -0.39 is 16.7 Å². The lowest BCUT2D eigenvalue weighted by Crippen LogP contribution is -2.49. The number of halogens is 1. The number of piperazine rings is 1. The Morgan fingerprint density at radius 3 is 2.45 bits per heavy atom. The molecule has 0 unspecified atom stereocenters. The first kappa shape index (κ1) is 24.3. The zero-order chi connectivity index (χ0) is 23.8. The Morgan fingerprint density at radius 2 is 1.85 bits per heavy atom. The summed E-state index contributed by atoms with van der Waals surface area (Å²) < 4.78 is 45.4. The molecule has 10 heteroatoms. The number of benzene rings is 2. The number of ether oxygens (including phenoxy) is 1. The topological polar surface area (TPSA) is 103 Å². The Kier molecular flexibility index (Phi) is 8.11. The van der Waals surface area contributed by atoms with E-state index in [2.05, 4.69) is 10.8 Å². The summed E-state index contributed by atoms with van der Waals surface area (Å²) in [6.07, 6.45) is 0.592. The van der Waals surface area contributed by atoms with Crippen molar-refractivity contribution in [3.8, 4) is 6.07 Å². The number of rotatable bonds is 8. The van der Waals surface area contributed by atoms with Gasteiger partial charge in [-0.1, -0.05) is 12.1 Å². The van der Waals surface area contributed by atoms with Crippen LogP contribution in [0.25, 0.3) is 0 Å². The predicted octanol–water partition coefficient (Wildman–Crippen LogP) is 3.54. The van der Waals surface area contributed by atoms with Gasteiger partial charge < -0.3 is 14.5 Å². The van der Waals surface area contributed by atoms with Crippen molar-refractivity contribution < 1.29 is 22.3 Å². The third kappa shape index (κ3) is 6.14. The largest absolute Gasteiger partial charge is 0.450 e. The van der Waals surface area contributed by atoms with Crippen LogP contribution in [-0.4, -0.2) is 58.9 Å². The summed E-state index contributed by atoms with van der Waals surface area (Å²) in [4.78, 5) is 15.6. The summed E-state index contributed by atoms with van der Waals surface area (Å²) in [6, 6.07) is 13.3. The quantitative estimate of drug-likeness (QED) is 0.628. The minimum absolute atomic E-state index is 0.0872. The van der Waals surface area contributed by atoms with Crippen LogP contribution >= 0.6 is 0 Å². The lowest BCUT2D eigenvalue weighted by atomic mass is 10.1. The average molecular weight is 475 g/mol. The van der Waals surface area contributed by atoms with Crippen molar-refractivity contribution in [1.29, 1.82) is 5.26 Å². The van der Waals surface area contributed by atoms with Gasteiger partial charge in [0.25, 0.3) is 10.0 Å². The summed E-state index contributed by atoms with van der Waals surface area (Å²) in [7, 11) is -3.84. The molecule has 2 aromatic rings. The maximum absolute atomic E-state index is 12.8. The summed E-state index contributed by atoms with van der Waals surface area (Å²) in [5.41, 5.74) is 2.16. The fourth-order valence-corrected chi connectivity index (χ4v) is 4.68. The monoisotopic (exact) mass is 474 g/mol. The number of nitrogens with zero attached hydrogens (tertiary/aromatic N) is 3. The molecule has 0 bridgehead atoms. The molecule has 0 radical (unpaired) electrons. The summed E-state index contributed by atoms with van der Waals surface area (Å²) in [5, 5.41) is 9.64. The number of carbonyl (C=O) groups excluding carboxylic acids is 1. The maximum Gasteiger partial charge on any atom is 0.409 e. The van der Waals surface area contributed by atoms with Gasteiger partial charge in [0.1, 0.15) is 6.07 Å². The van der Waals surface area contributed by atoms with Crippen LogP contribution in [0.1, 0.15) is 24.5 Å². The van der Waals surface area contributed by atoms with Crippen LogP contribution in [-0.2, 0) is 21.2 Å². The first-order chi connectivity index (χ1) is 15.9. The van der Waals surface area contributed by atoms with E-state index in [4.69, 9.17) is 4.74 Å². The Morgan fingerprint density at radius 1 is 1.15 bits per heavy atom. The molecular weight excluding hydrogens is 447 g/mol. The van der Waals surface area contributed by atoms with E-state index in [1.807, 2.05) is 4.90 Å². The Balaban J connectivity index is 1.70. The van der Waals surface area contributed by atoms with Crippen LogP contribution in [0.15, 0.2) is 47.4 Å². The molecule has 0 aliphatic carbocycles. The SMILES string of the molecule is CCOC(=O)N1CCN(c2ccc(NS(=O)(=O)c3ccc(CCCF)cc3)cc2C#N)CC1. The highest BCUT2D eigenvalue weighted by Gasteiger charge is 2.24. The first-order valence-electron chi connectivity index (χ1n) is 10.8. The number of alkyl halides is 1. The van der Waals surface area contributed by atoms with Gasteiger partial charge in [0.15, 0.2) is 0 Å². The Labute approximate surface area is 193 Å². The molecule has 176 valence electrons. The Hall–Kier alpha value is -3.32. The van der Waals surface area contributed by atoms with Crippen molar-refractivity contribution in [2.45, 2.75) is 24.7 Å². The van der Waals surface area contributed by atoms with Crippen molar-refractivity contribution in [2.75, 3.05) is 49.1 Å². The molecule has 33 heavy (non-hydrogen) atoms. The molecule has 3 rings (SSSR count). The molecule has 0 spiro atoms. The molecule has 0 saturated carbocycles. The van der Waals surface area contributed by atoms with Crippen molar-refractivity contribution >= 4 is 27.5 Å². The number of nitriles is 1. The van der Waals surface area contributed by atoms with Crippen molar-refractivity contribution in [1.82, 2.24) is 4.90 Å². The molecule has 1 aliphatic heterocycles. The fourth-order valence-electron chi connectivity index (χ4n) is 3.63. The van der Waals surface area contributed by atoms with Crippen LogP contribution in [0.3, 0.4) is 0 Å². The van der Waals surface area contributed by atoms with Crippen LogP contribution in [0.2, 0.25) is 0 Å². The van der Waals surface area contributed by atoms with Gasteiger partial charge in [-0.3, -0.25) is 9.11 Å². The number of nitrogens with one attached hydrogen (secondary N) is 1. The molecular formula is C23H27FN4O4S. The molecule has 1 amide bonds. The van der Waals surface area contributed by atoms with Gasteiger partial charge in [-0.15, -0.1) is 0 Å². The minimum Gasteiger partial charge on any atom is -0.450 e. The molecule has 1 saturated heterocycles. The van der Waals surface area contributed by atoms with E-state index in [1.165, 1.54) is 18.2 Å². The van der Waals surface area contributed by atoms with Gasteiger partial charge in [0, 0.05) is 26.2 Å². The fraction of sp³-hybridized carbons (Fsp3) is 0.391. The molecule has 2 aromatic carbocycles. The molecule has 8 nitrogen and oxygen atoms in total. The van der Waals surface area contributed by atoms with Crippen LogP contribution in [0, 0.1) is 11.3 Å². The minimum atomic E-state index is -3.84. The third-order valence-corrected chi connectivity index (χ3v) is 6.75. The second-order valence-corrected chi connectivity index (χ2v) is 9.24. The van der Waals surface area contributed by atoms with Gasteiger partial charge in [0.2, 0.25) is 0 Å². The van der Waals surface area contributed by atoms with Crippen LogP contribution < -0.4 is 9.62 Å². The average Bonchev–Trinajstić information content (AvgIpc) is 2.83. The number of sulfonamides is 1. The third-order valence-electron chi connectivity index (χ3n) is 5.35. The molecule has 1 N–H and O–H groups in total. The Bertz CT molecular complexity index is 1110. The number of amides is 1. The second-order valence-electron chi connectivity index (χ2n) is 7.56. The number of carbonyl (C=O) groups is 1. The normalized spacial score (nSPS) is 14.0. The lowest BCUT2D eigenvalue weighted by Gasteiger charge is -2.35. The number of anilines is 2. The summed E-state index contributed by atoms with van der Waals surface area (Å²) >= 11 is 0. The van der Waals surface area contributed by atoms with E-state index in [9.17, 15) is 22.9 Å². The van der Waals surface area contributed by atoms with Gasteiger partial charge in [-0.05, 0) is 55.7 Å². The lowest BCUT2D eigenvalue weighted by molar-refractivity contribution is 0.105. The van der Waals surface area contributed by atoms with E-state index in [0.29, 0.717) is 56.9 Å². The molecule has 1 heterocycles. The highest BCUT2D eigenvalue weighted by Crippen LogP contribution is 2.26. The van der Waals surface area contributed by atoms with Crippen molar-refractivity contribution in [2.24, 2.45) is 0 Å². The number of hydrogen-bond donors (Lipinski definition) is 1. The zero-order valence-electron chi connectivity index (χ0n) is 18.5. The second kappa shape index (κ2) is 11.0. The molecule has 0 atom stereocenters. The van der Waals surface area contributed by atoms with Crippen LogP contribution in [0.5, 0.6) is 0 Å². The van der Waals surface area contributed by atoms with E-state index in [0.717, 1.165) is 5.56 Å². The smallest absolute Gasteiger partial charge is 0.409 e. The maximum atomic E-state index is 12.8. The predicted molar refractivity (Wildman–Crippen MR) is 124 cm³/mol. The molecule has 0 aromatic heterocycles. The summed E-state index contributed by atoms with van der Waals surface area (Å²) in [5.74, 6) is 0. The first-order valence-corrected chi connectivity index (χ1v) is 12.2. The van der Waals surface area contributed by atoms with E-state index in [-0.39, 0.29) is 16.7 Å². The highest BCUT2D eigenvalue weighted by molar-refractivity contribution is 7.92. The van der Waals surface area contributed by atoms with Gasteiger partial charge in [-0.25, -0.2) is 13.2 Å². The van der Waals surface area contributed by atoms with E-state index >= 15 is 0 Å². The van der Waals surface area contributed by atoms with E-state index in [1.54, 1.807) is 36.1 Å². The van der Waals surface area contributed by atoms with Gasteiger partial charge in [-0.2, -0.15) is 5.26 Å². The zero-order valence-corrected chi connectivity index (χ0v) is 19.3. The standard InChI is InChI=1S/C23H27FN4O4S/c1-2-32-23(29)28-14-12-27(13-15-28)22-10-7-20(16-19(22)17-25)26-33(30,31)21-8-5-18(6-9-21)4-3-11-24/h5-10,16,26H,2-4,11-15H2,1H3. The highest BCUT2D eigenvalue weighted by atomic mass is 32.2. The van der Waals surface area contributed by atoms with Gasteiger partial charge >= 0.3 is 6.09 Å². The number of hydrogen-bond acceptors (Lipinski definition) is 6. The van der Waals surface area contributed by atoms with Crippen molar-refractivity contribution in [3.63, 3.8) is 0 Å². The van der Waals surface area contributed by atoms with Gasteiger partial charge in [0.05, 0.1) is 35.1 Å².